The van der Waals surface area contributed by atoms with Gasteiger partial charge >= 0.3 is 5.97 Å². The van der Waals surface area contributed by atoms with Gasteiger partial charge in [-0.25, -0.2) is 0 Å². The van der Waals surface area contributed by atoms with Gasteiger partial charge in [0.25, 0.3) is 0 Å². The maximum atomic E-state index is 10.7. The van der Waals surface area contributed by atoms with E-state index in [1.165, 1.54) is 0 Å². The van der Waals surface area contributed by atoms with E-state index in [-0.39, 0.29) is 18.1 Å². The van der Waals surface area contributed by atoms with Gasteiger partial charge in [-0.3, -0.25) is 9.69 Å². The highest BCUT2D eigenvalue weighted by molar-refractivity contribution is 5.70. The molecule has 0 bridgehead atoms. The molecule has 1 aliphatic heterocycles. The summed E-state index contributed by atoms with van der Waals surface area (Å²) in [4.78, 5) is 12.9. The summed E-state index contributed by atoms with van der Waals surface area (Å²) < 4.78 is 0. The lowest BCUT2D eigenvalue weighted by Gasteiger charge is -2.35. The second-order valence-corrected chi connectivity index (χ2v) is 4.13. The number of aliphatic carboxylic acids is 1. The first kappa shape index (κ1) is 11.5. The molecule has 0 aromatic carbocycles. The Labute approximate surface area is 84.5 Å². The monoisotopic (exact) mass is 201 g/mol. The highest BCUT2D eigenvalue weighted by atomic mass is 16.4. The van der Waals surface area contributed by atoms with Crippen LogP contribution in [0.25, 0.3) is 0 Å². The van der Waals surface area contributed by atoms with Crippen LogP contribution in [-0.2, 0) is 4.79 Å². The zero-order valence-electron chi connectivity index (χ0n) is 8.81. The number of carbonyl (C=O) groups is 1. The van der Waals surface area contributed by atoms with E-state index in [0.29, 0.717) is 12.8 Å². The number of hydrogen-bond acceptors (Lipinski definition) is 3. The molecule has 2 N–H and O–H groups in total. The molecule has 2 unspecified atom stereocenters. The van der Waals surface area contributed by atoms with Crippen LogP contribution in [0.2, 0.25) is 0 Å². The van der Waals surface area contributed by atoms with Gasteiger partial charge in [-0.1, -0.05) is 0 Å². The molecule has 1 aliphatic rings. The van der Waals surface area contributed by atoms with E-state index in [0.717, 1.165) is 13.1 Å². The molecule has 1 heterocycles. The summed E-state index contributed by atoms with van der Waals surface area (Å²) in [6.45, 7) is 5.31. The third-order valence-electron chi connectivity index (χ3n) is 3.15. The standard InChI is InChI=1S/C10H19NO3/c1-7(8(2)12)11-5-3-9(4-6-11)10(13)14/h7-9,12H,3-6H2,1-2H3,(H,13,14). The average molecular weight is 201 g/mol. The highest BCUT2D eigenvalue weighted by Gasteiger charge is 2.28. The predicted octanol–water partition coefficient (Wildman–Crippen LogP) is 0.552. The smallest absolute Gasteiger partial charge is 0.306 e. The van der Waals surface area contributed by atoms with Crippen molar-refractivity contribution in [3.8, 4) is 0 Å². The van der Waals surface area contributed by atoms with Crippen LogP contribution in [0.5, 0.6) is 0 Å². The van der Waals surface area contributed by atoms with Crippen LogP contribution in [0, 0.1) is 5.92 Å². The lowest BCUT2D eigenvalue weighted by molar-refractivity contribution is -0.143. The molecular weight excluding hydrogens is 182 g/mol. The first-order valence-electron chi connectivity index (χ1n) is 5.17. The summed E-state index contributed by atoms with van der Waals surface area (Å²) in [5, 5.41) is 18.2. The van der Waals surface area contributed by atoms with Crippen LogP contribution < -0.4 is 0 Å². The average Bonchev–Trinajstić information content (AvgIpc) is 2.16. The maximum Gasteiger partial charge on any atom is 0.306 e. The zero-order chi connectivity index (χ0) is 10.7. The molecule has 0 aromatic rings. The minimum atomic E-state index is -0.686. The molecule has 0 radical (unpaired) electrons. The van der Waals surface area contributed by atoms with Gasteiger partial charge in [-0.05, 0) is 39.8 Å². The SMILES string of the molecule is CC(O)C(C)N1CCC(C(=O)O)CC1. The Morgan fingerprint density at radius 2 is 1.86 bits per heavy atom. The van der Waals surface area contributed by atoms with Crippen molar-refractivity contribution < 1.29 is 15.0 Å². The van der Waals surface area contributed by atoms with Gasteiger partial charge in [-0.2, -0.15) is 0 Å². The largest absolute Gasteiger partial charge is 0.481 e. The Morgan fingerprint density at radius 1 is 1.36 bits per heavy atom. The van der Waals surface area contributed by atoms with Crippen molar-refractivity contribution >= 4 is 5.97 Å². The molecule has 4 heteroatoms. The van der Waals surface area contributed by atoms with E-state index >= 15 is 0 Å². The number of rotatable bonds is 3. The molecule has 0 aromatic heterocycles. The summed E-state index contributed by atoms with van der Waals surface area (Å²) in [6.07, 6.45) is 1.05. The molecule has 4 nitrogen and oxygen atoms in total. The van der Waals surface area contributed by atoms with Gasteiger partial charge in [0.2, 0.25) is 0 Å². The summed E-state index contributed by atoms with van der Waals surface area (Å²) in [6, 6.07) is 0.129. The van der Waals surface area contributed by atoms with E-state index in [1.54, 1.807) is 6.92 Å². The molecular formula is C10H19NO3. The fraction of sp³-hybridized carbons (Fsp3) is 0.900. The summed E-state index contributed by atoms with van der Waals surface area (Å²) in [5.74, 6) is -0.873. The van der Waals surface area contributed by atoms with Crippen molar-refractivity contribution in [1.82, 2.24) is 4.90 Å². The molecule has 0 amide bonds. The number of aliphatic hydroxyl groups excluding tert-OH is 1. The molecule has 2 atom stereocenters. The van der Waals surface area contributed by atoms with Crippen molar-refractivity contribution in [3.05, 3.63) is 0 Å². The zero-order valence-corrected chi connectivity index (χ0v) is 8.81. The Morgan fingerprint density at radius 3 is 2.21 bits per heavy atom. The fourth-order valence-corrected chi connectivity index (χ4v) is 1.86. The van der Waals surface area contributed by atoms with Crippen LogP contribution >= 0.6 is 0 Å². The third-order valence-corrected chi connectivity index (χ3v) is 3.15. The first-order chi connectivity index (χ1) is 6.52. The van der Waals surface area contributed by atoms with Gasteiger partial charge in [0.05, 0.1) is 12.0 Å². The van der Waals surface area contributed by atoms with Crippen molar-refractivity contribution in [1.29, 1.82) is 0 Å². The summed E-state index contributed by atoms with van der Waals surface area (Å²) >= 11 is 0. The Balaban J connectivity index is 2.39. The molecule has 1 fully saturated rings. The van der Waals surface area contributed by atoms with Gasteiger partial charge in [0.15, 0.2) is 0 Å². The molecule has 14 heavy (non-hydrogen) atoms. The number of hydrogen-bond donors (Lipinski definition) is 2. The van der Waals surface area contributed by atoms with Crippen molar-refractivity contribution in [2.75, 3.05) is 13.1 Å². The van der Waals surface area contributed by atoms with Crippen molar-refractivity contribution in [2.45, 2.75) is 38.8 Å². The lowest BCUT2D eigenvalue weighted by atomic mass is 9.95. The minimum Gasteiger partial charge on any atom is -0.481 e. The van der Waals surface area contributed by atoms with Gasteiger partial charge in [0, 0.05) is 6.04 Å². The third kappa shape index (κ3) is 2.69. The Kier molecular flexibility index (Phi) is 3.89. The van der Waals surface area contributed by atoms with E-state index in [9.17, 15) is 9.90 Å². The van der Waals surface area contributed by atoms with E-state index in [1.807, 2.05) is 6.92 Å². The molecule has 1 rings (SSSR count). The van der Waals surface area contributed by atoms with Crippen molar-refractivity contribution in [2.24, 2.45) is 5.92 Å². The molecule has 0 saturated carbocycles. The van der Waals surface area contributed by atoms with Gasteiger partial charge < -0.3 is 10.2 Å². The van der Waals surface area contributed by atoms with E-state index < -0.39 is 5.97 Å². The second-order valence-electron chi connectivity index (χ2n) is 4.13. The van der Waals surface area contributed by atoms with Crippen LogP contribution in [0.4, 0.5) is 0 Å². The second kappa shape index (κ2) is 4.75. The van der Waals surface area contributed by atoms with Crippen LogP contribution in [0.1, 0.15) is 26.7 Å². The minimum absolute atomic E-state index is 0.129. The number of carboxylic acid groups (broad SMARTS) is 1. The van der Waals surface area contributed by atoms with Crippen molar-refractivity contribution in [3.63, 3.8) is 0 Å². The fourth-order valence-electron chi connectivity index (χ4n) is 1.86. The Bertz CT molecular complexity index is 198. The first-order valence-corrected chi connectivity index (χ1v) is 5.17. The topological polar surface area (TPSA) is 60.8 Å². The number of carboxylic acids is 1. The lowest BCUT2D eigenvalue weighted by Crippen LogP contribution is -2.45. The predicted molar refractivity (Wildman–Crippen MR) is 53.1 cm³/mol. The van der Waals surface area contributed by atoms with Crippen LogP contribution in [-0.4, -0.2) is 46.3 Å². The molecule has 1 saturated heterocycles. The normalized spacial score (nSPS) is 24.5. The summed E-state index contributed by atoms with van der Waals surface area (Å²) in [5.41, 5.74) is 0. The number of nitrogens with zero attached hydrogens (tertiary/aromatic N) is 1. The van der Waals surface area contributed by atoms with Crippen LogP contribution in [0.15, 0.2) is 0 Å². The number of aliphatic hydroxyl groups is 1. The molecule has 0 aliphatic carbocycles. The van der Waals surface area contributed by atoms with Gasteiger partial charge in [0.1, 0.15) is 0 Å². The quantitative estimate of drug-likeness (QED) is 0.700. The number of likely N-dealkylation sites (tertiary alicyclic amines) is 1. The summed E-state index contributed by atoms with van der Waals surface area (Å²) in [7, 11) is 0. The molecule has 82 valence electrons. The van der Waals surface area contributed by atoms with E-state index in [2.05, 4.69) is 4.90 Å². The number of piperidine rings is 1. The highest BCUT2D eigenvalue weighted by Crippen LogP contribution is 2.19. The Hall–Kier alpha value is -0.610. The maximum absolute atomic E-state index is 10.7. The van der Waals surface area contributed by atoms with Crippen LogP contribution in [0.3, 0.4) is 0 Å². The van der Waals surface area contributed by atoms with Gasteiger partial charge in [-0.15, -0.1) is 0 Å². The van der Waals surface area contributed by atoms with E-state index in [4.69, 9.17) is 5.11 Å². The molecule has 0 spiro atoms.